The van der Waals surface area contributed by atoms with E-state index in [9.17, 15) is 13.6 Å². The van der Waals surface area contributed by atoms with Crippen LogP contribution in [0, 0.1) is 5.41 Å². The second kappa shape index (κ2) is 3.24. The van der Waals surface area contributed by atoms with Crippen molar-refractivity contribution in [2.45, 2.75) is 38.5 Å². The van der Waals surface area contributed by atoms with E-state index in [0.29, 0.717) is 0 Å². The third kappa shape index (κ3) is 2.17. The lowest BCUT2D eigenvalue weighted by Gasteiger charge is -2.34. The van der Waals surface area contributed by atoms with Gasteiger partial charge < -0.3 is 4.74 Å². The van der Waals surface area contributed by atoms with Crippen molar-refractivity contribution >= 4 is 5.97 Å². The van der Waals surface area contributed by atoms with Crippen molar-refractivity contribution in [3.63, 3.8) is 0 Å². The molecule has 0 aromatic rings. The van der Waals surface area contributed by atoms with Gasteiger partial charge in [-0.25, -0.2) is 8.78 Å². The van der Waals surface area contributed by atoms with Gasteiger partial charge in [0, 0.05) is 12.8 Å². The third-order valence-corrected chi connectivity index (χ3v) is 2.76. The summed E-state index contributed by atoms with van der Waals surface area (Å²) >= 11 is 0. The summed E-state index contributed by atoms with van der Waals surface area (Å²) < 4.78 is 30.1. The minimum absolute atomic E-state index is 0.210. The van der Waals surface area contributed by atoms with Crippen LogP contribution in [-0.2, 0) is 9.53 Å². The van der Waals surface area contributed by atoms with Gasteiger partial charge in [0.2, 0.25) is 5.92 Å². The van der Waals surface area contributed by atoms with Crippen molar-refractivity contribution in [3.05, 3.63) is 0 Å². The van der Waals surface area contributed by atoms with Gasteiger partial charge in [0.15, 0.2) is 0 Å². The first kappa shape index (κ1) is 10.4. The molecule has 0 atom stereocenters. The Labute approximate surface area is 76.3 Å². The van der Waals surface area contributed by atoms with Gasteiger partial charge in [0.25, 0.3) is 0 Å². The number of esters is 1. The van der Waals surface area contributed by atoms with Crippen molar-refractivity contribution in [1.82, 2.24) is 0 Å². The molecule has 2 nitrogen and oxygen atoms in total. The molecule has 0 unspecified atom stereocenters. The molecular formula is C9H14F2O2. The average molecular weight is 192 g/mol. The maximum atomic E-state index is 12.8. The normalized spacial score (nSPS) is 25.2. The fourth-order valence-electron chi connectivity index (χ4n) is 1.62. The van der Waals surface area contributed by atoms with Crippen LogP contribution in [0.1, 0.15) is 32.6 Å². The first-order valence-electron chi connectivity index (χ1n) is 4.36. The highest BCUT2D eigenvalue weighted by Gasteiger charge is 2.45. The molecule has 0 N–H and O–H groups in total. The molecule has 1 aliphatic rings. The van der Waals surface area contributed by atoms with Gasteiger partial charge in [-0.15, -0.1) is 0 Å². The van der Waals surface area contributed by atoms with Crippen LogP contribution in [-0.4, -0.2) is 19.0 Å². The molecular weight excluding hydrogens is 178 g/mol. The van der Waals surface area contributed by atoms with Crippen molar-refractivity contribution in [2.75, 3.05) is 7.11 Å². The lowest BCUT2D eigenvalue weighted by molar-refractivity contribution is -0.158. The Morgan fingerprint density at radius 3 is 2.08 bits per heavy atom. The Kier molecular flexibility index (Phi) is 2.59. The van der Waals surface area contributed by atoms with Crippen LogP contribution in [0.3, 0.4) is 0 Å². The minimum Gasteiger partial charge on any atom is -0.469 e. The number of rotatable bonds is 1. The van der Waals surface area contributed by atoms with Crippen LogP contribution >= 0.6 is 0 Å². The maximum Gasteiger partial charge on any atom is 0.311 e. The molecule has 1 fully saturated rings. The predicted molar refractivity (Wildman–Crippen MR) is 43.5 cm³/mol. The number of methoxy groups -OCH3 is 1. The molecule has 0 bridgehead atoms. The predicted octanol–water partition coefficient (Wildman–Crippen LogP) is 2.38. The van der Waals surface area contributed by atoms with Crippen molar-refractivity contribution in [2.24, 2.45) is 5.41 Å². The van der Waals surface area contributed by atoms with Gasteiger partial charge in [-0.3, -0.25) is 4.79 Å². The number of carbonyl (C=O) groups is 1. The fourth-order valence-corrected chi connectivity index (χ4v) is 1.62. The molecule has 0 radical (unpaired) electrons. The van der Waals surface area contributed by atoms with E-state index in [-0.39, 0.29) is 31.7 Å². The summed E-state index contributed by atoms with van der Waals surface area (Å²) in [7, 11) is 1.29. The summed E-state index contributed by atoms with van der Waals surface area (Å²) in [5.74, 6) is -2.96. The molecule has 1 aliphatic carbocycles. The molecule has 0 aliphatic heterocycles. The molecule has 76 valence electrons. The van der Waals surface area contributed by atoms with Crippen molar-refractivity contribution in [3.8, 4) is 0 Å². The molecule has 13 heavy (non-hydrogen) atoms. The second-order valence-electron chi connectivity index (χ2n) is 3.91. The first-order chi connectivity index (χ1) is 5.90. The highest BCUT2D eigenvalue weighted by atomic mass is 19.3. The zero-order valence-electron chi connectivity index (χ0n) is 7.90. The summed E-state index contributed by atoms with van der Waals surface area (Å²) in [5, 5.41) is 0. The Morgan fingerprint density at radius 1 is 1.23 bits per heavy atom. The van der Waals surface area contributed by atoms with Gasteiger partial charge in [-0.2, -0.15) is 0 Å². The van der Waals surface area contributed by atoms with E-state index in [0.717, 1.165) is 0 Å². The Bertz CT molecular complexity index is 204. The van der Waals surface area contributed by atoms with Crippen LogP contribution in [0.4, 0.5) is 8.78 Å². The lowest BCUT2D eigenvalue weighted by Crippen LogP contribution is -2.37. The molecule has 4 heteroatoms. The Balaban J connectivity index is 2.61. The van der Waals surface area contributed by atoms with Crippen LogP contribution in [0.25, 0.3) is 0 Å². The van der Waals surface area contributed by atoms with E-state index in [1.54, 1.807) is 6.92 Å². The summed E-state index contributed by atoms with van der Waals surface area (Å²) in [6.07, 6.45) is 0.0105. The minimum atomic E-state index is -2.59. The standard InChI is InChI=1S/C9H14F2O2/c1-8(7(12)13-2)3-5-9(10,11)6-4-8/h3-6H2,1-2H3. The van der Waals surface area contributed by atoms with Gasteiger partial charge in [0.1, 0.15) is 0 Å². The number of hydrogen-bond donors (Lipinski definition) is 0. The average Bonchev–Trinajstić information content (AvgIpc) is 2.09. The monoisotopic (exact) mass is 192 g/mol. The van der Waals surface area contributed by atoms with Gasteiger partial charge in [-0.05, 0) is 19.8 Å². The van der Waals surface area contributed by atoms with E-state index in [1.165, 1.54) is 7.11 Å². The summed E-state index contributed by atoms with van der Waals surface area (Å²) in [4.78, 5) is 11.2. The lowest BCUT2D eigenvalue weighted by atomic mass is 9.74. The summed E-state index contributed by atoms with van der Waals surface area (Å²) in [6.45, 7) is 1.69. The maximum absolute atomic E-state index is 12.8. The molecule has 1 rings (SSSR count). The van der Waals surface area contributed by atoms with E-state index in [2.05, 4.69) is 4.74 Å². The van der Waals surface area contributed by atoms with Crippen molar-refractivity contribution < 1.29 is 18.3 Å². The molecule has 0 saturated heterocycles. The summed E-state index contributed by atoms with van der Waals surface area (Å²) in [6, 6.07) is 0. The highest BCUT2D eigenvalue weighted by Crippen LogP contribution is 2.43. The van der Waals surface area contributed by atoms with Gasteiger partial charge in [0.05, 0.1) is 12.5 Å². The molecule has 0 spiro atoms. The largest absolute Gasteiger partial charge is 0.469 e. The molecule has 0 amide bonds. The number of ether oxygens (including phenoxy) is 1. The van der Waals surface area contributed by atoms with Crippen molar-refractivity contribution in [1.29, 1.82) is 0 Å². The van der Waals surface area contributed by atoms with E-state index >= 15 is 0 Å². The fraction of sp³-hybridized carbons (Fsp3) is 0.889. The Hall–Kier alpha value is -0.670. The van der Waals surface area contributed by atoms with Crippen LogP contribution in [0.5, 0.6) is 0 Å². The number of halogens is 2. The summed E-state index contributed by atoms with van der Waals surface area (Å²) in [5.41, 5.74) is -0.698. The second-order valence-corrected chi connectivity index (χ2v) is 3.91. The zero-order chi connectivity index (χ0) is 10.1. The molecule has 0 aromatic carbocycles. The smallest absolute Gasteiger partial charge is 0.311 e. The topological polar surface area (TPSA) is 26.3 Å². The van der Waals surface area contributed by atoms with Gasteiger partial charge >= 0.3 is 5.97 Å². The van der Waals surface area contributed by atoms with Crippen LogP contribution in [0.15, 0.2) is 0 Å². The Morgan fingerprint density at radius 2 is 1.69 bits per heavy atom. The number of carbonyl (C=O) groups excluding carboxylic acids is 1. The van der Waals surface area contributed by atoms with E-state index in [4.69, 9.17) is 0 Å². The van der Waals surface area contributed by atoms with E-state index in [1.807, 2.05) is 0 Å². The van der Waals surface area contributed by atoms with Crippen LogP contribution in [0.2, 0.25) is 0 Å². The van der Waals surface area contributed by atoms with Gasteiger partial charge in [-0.1, -0.05) is 0 Å². The number of alkyl halides is 2. The molecule has 0 aromatic heterocycles. The van der Waals surface area contributed by atoms with E-state index < -0.39 is 11.3 Å². The zero-order valence-corrected chi connectivity index (χ0v) is 7.90. The molecule has 1 saturated carbocycles. The third-order valence-electron chi connectivity index (χ3n) is 2.76. The van der Waals surface area contributed by atoms with Crippen LogP contribution < -0.4 is 0 Å². The SMILES string of the molecule is COC(=O)C1(C)CCC(F)(F)CC1. The molecule has 0 heterocycles. The first-order valence-corrected chi connectivity index (χ1v) is 4.36. The number of hydrogen-bond acceptors (Lipinski definition) is 2. The quantitative estimate of drug-likeness (QED) is 0.596. The highest BCUT2D eigenvalue weighted by molar-refractivity contribution is 5.76.